The molecule has 2 aromatic rings. The molecule has 1 aliphatic heterocycles. The number of carbonyl (C=O) groups is 1. The van der Waals surface area contributed by atoms with Crippen molar-refractivity contribution in [2.75, 3.05) is 18.4 Å². The normalized spacial score (nSPS) is 14.8. The molecular formula is C18H17N3O3S. The first-order chi connectivity index (χ1) is 12.0. The first-order valence-electron chi connectivity index (χ1n) is 7.92. The zero-order valence-corrected chi connectivity index (χ0v) is 14.3. The number of rotatable bonds is 4. The van der Waals surface area contributed by atoms with E-state index in [4.69, 9.17) is 5.26 Å². The van der Waals surface area contributed by atoms with Crippen LogP contribution in [0.1, 0.15) is 28.8 Å². The summed E-state index contributed by atoms with van der Waals surface area (Å²) in [6, 6.07) is 14.5. The quantitative estimate of drug-likeness (QED) is 0.913. The second kappa shape index (κ2) is 7.05. The molecule has 0 saturated carbocycles. The number of hydrogen-bond acceptors (Lipinski definition) is 4. The Kier molecular flexibility index (Phi) is 4.83. The van der Waals surface area contributed by atoms with Crippen LogP contribution in [0.4, 0.5) is 5.69 Å². The fourth-order valence-corrected chi connectivity index (χ4v) is 4.24. The average molecular weight is 355 g/mol. The Hall–Kier alpha value is -2.69. The molecule has 1 amide bonds. The number of carbonyl (C=O) groups excluding carboxylic acids is 1. The number of nitrogens with one attached hydrogen (secondary N) is 1. The van der Waals surface area contributed by atoms with Crippen LogP contribution in [-0.2, 0) is 10.0 Å². The summed E-state index contributed by atoms with van der Waals surface area (Å²) in [5.41, 5.74) is 1.26. The highest BCUT2D eigenvalue weighted by molar-refractivity contribution is 7.89. The average Bonchev–Trinajstić information content (AvgIpc) is 3.18. The van der Waals surface area contributed by atoms with Crippen LogP contribution in [0.2, 0.25) is 0 Å². The first kappa shape index (κ1) is 17.1. The van der Waals surface area contributed by atoms with E-state index >= 15 is 0 Å². The van der Waals surface area contributed by atoms with Crippen molar-refractivity contribution in [2.45, 2.75) is 17.7 Å². The van der Waals surface area contributed by atoms with E-state index in [0.29, 0.717) is 29.9 Å². The molecule has 0 spiro atoms. The highest BCUT2D eigenvalue weighted by Gasteiger charge is 2.26. The number of amides is 1. The largest absolute Gasteiger partial charge is 0.322 e. The summed E-state index contributed by atoms with van der Waals surface area (Å²) in [7, 11) is -3.46. The zero-order valence-electron chi connectivity index (χ0n) is 13.5. The maximum atomic E-state index is 12.5. The van der Waals surface area contributed by atoms with Gasteiger partial charge in [-0.2, -0.15) is 9.57 Å². The van der Waals surface area contributed by atoms with Gasteiger partial charge in [-0.15, -0.1) is 0 Å². The van der Waals surface area contributed by atoms with E-state index in [1.165, 1.54) is 22.5 Å². The molecule has 1 saturated heterocycles. The maximum absolute atomic E-state index is 12.5. The third kappa shape index (κ3) is 3.71. The lowest BCUT2D eigenvalue weighted by atomic mass is 10.1. The summed E-state index contributed by atoms with van der Waals surface area (Å²) < 4.78 is 26.4. The highest BCUT2D eigenvalue weighted by Crippen LogP contribution is 2.22. The number of nitrogens with zero attached hydrogens (tertiary/aromatic N) is 2. The fourth-order valence-electron chi connectivity index (χ4n) is 2.72. The third-order valence-corrected chi connectivity index (χ3v) is 5.98. The Morgan fingerprint density at radius 1 is 1.08 bits per heavy atom. The van der Waals surface area contributed by atoms with Crippen LogP contribution in [0.5, 0.6) is 0 Å². The Morgan fingerprint density at radius 3 is 2.40 bits per heavy atom. The van der Waals surface area contributed by atoms with Gasteiger partial charge in [0.2, 0.25) is 10.0 Å². The highest BCUT2D eigenvalue weighted by atomic mass is 32.2. The monoisotopic (exact) mass is 355 g/mol. The van der Waals surface area contributed by atoms with E-state index in [1.54, 1.807) is 30.3 Å². The van der Waals surface area contributed by atoms with E-state index in [9.17, 15) is 13.2 Å². The van der Waals surface area contributed by atoms with Crippen molar-refractivity contribution in [1.29, 1.82) is 5.26 Å². The van der Waals surface area contributed by atoms with Crippen LogP contribution in [-0.4, -0.2) is 31.7 Å². The number of nitriles is 1. The first-order valence-corrected chi connectivity index (χ1v) is 9.36. The summed E-state index contributed by atoms with van der Waals surface area (Å²) in [6.07, 6.45) is 1.77. The number of benzene rings is 2. The Morgan fingerprint density at radius 2 is 1.76 bits per heavy atom. The Bertz CT molecular complexity index is 925. The van der Waals surface area contributed by atoms with Gasteiger partial charge in [-0.05, 0) is 55.3 Å². The van der Waals surface area contributed by atoms with Gasteiger partial charge in [0.1, 0.15) is 0 Å². The number of anilines is 1. The molecule has 3 rings (SSSR count). The molecule has 0 aliphatic carbocycles. The molecular weight excluding hydrogens is 338 g/mol. The van der Waals surface area contributed by atoms with Crippen molar-refractivity contribution < 1.29 is 13.2 Å². The van der Waals surface area contributed by atoms with Gasteiger partial charge in [-0.1, -0.05) is 6.07 Å². The molecule has 25 heavy (non-hydrogen) atoms. The van der Waals surface area contributed by atoms with Crippen molar-refractivity contribution in [3.05, 3.63) is 59.7 Å². The summed E-state index contributed by atoms with van der Waals surface area (Å²) in [6.45, 7) is 1.10. The molecule has 6 nitrogen and oxygen atoms in total. The summed E-state index contributed by atoms with van der Waals surface area (Å²) in [4.78, 5) is 12.4. The molecule has 0 radical (unpaired) electrons. The van der Waals surface area contributed by atoms with Gasteiger partial charge in [0.05, 0.1) is 16.5 Å². The van der Waals surface area contributed by atoms with Gasteiger partial charge < -0.3 is 5.32 Å². The fraction of sp³-hybridized carbons (Fsp3) is 0.222. The van der Waals surface area contributed by atoms with Crippen LogP contribution in [0.25, 0.3) is 0 Å². The minimum Gasteiger partial charge on any atom is -0.322 e. The number of sulfonamides is 1. The van der Waals surface area contributed by atoms with Gasteiger partial charge in [0, 0.05) is 24.3 Å². The van der Waals surface area contributed by atoms with Crippen LogP contribution in [0.15, 0.2) is 53.4 Å². The van der Waals surface area contributed by atoms with Crippen LogP contribution in [0, 0.1) is 11.3 Å². The molecule has 1 N–H and O–H groups in total. The predicted octanol–water partition coefficient (Wildman–Crippen LogP) is 2.60. The molecule has 0 unspecified atom stereocenters. The van der Waals surface area contributed by atoms with Crippen LogP contribution >= 0.6 is 0 Å². The molecule has 128 valence electrons. The smallest absolute Gasteiger partial charge is 0.255 e. The molecule has 0 aromatic heterocycles. The zero-order chi connectivity index (χ0) is 17.9. The van der Waals surface area contributed by atoms with E-state index in [1.807, 2.05) is 6.07 Å². The molecule has 1 heterocycles. The SMILES string of the molecule is N#Cc1cccc(C(=O)Nc2ccc(S(=O)(=O)N3CCCC3)cc2)c1. The van der Waals surface area contributed by atoms with E-state index in [0.717, 1.165) is 12.8 Å². The molecule has 7 heteroatoms. The minimum atomic E-state index is -3.46. The predicted molar refractivity (Wildman–Crippen MR) is 93.5 cm³/mol. The Balaban J connectivity index is 1.74. The second-order valence-corrected chi connectivity index (χ2v) is 7.72. The van der Waals surface area contributed by atoms with Crippen molar-refractivity contribution in [3.8, 4) is 6.07 Å². The second-order valence-electron chi connectivity index (χ2n) is 5.78. The standard InChI is InChI=1S/C18H17N3O3S/c19-13-14-4-3-5-15(12-14)18(22)20-16-6-8-17(9-7-16)25(23,24)21-10-1-2-11-21/h3-9,12H,1-2,10-11H2,(H,20,22). The van der Waals surface area contributed by atoms with Crippen molar-refractivity contribution in [2.24, 2.45) is 0 Å². The lowest BCUT2D eigenvalue weighted by molar-refractivity contribution is 0.102. The lowest BCUT2D eigenvalue weighted by Crippen LogP contribution is -2.27. The van der Waals surface area contributed by atoms with Gasteiger partial charge in [0.25, 0.3) is 5.91 Å². The molecule has 0 bridgehead atoms. The maximum Gasteiger partial charge on any atom is 0.255 e. The lowest BCUT2D eigenvalue weighted by Gasteiger charge is -2.15. The van der Waals surface area contributed by atoms with E-state index in [-0.39, 0.29) is 10.8 Å². The topological polar surface area (TPSA) is 90.3 Å². The van der Waals surface area contributed by atoms with Gasteiger partial charge in [-0.25, -0.2) is 8.42 Å². The summed E-state index contributed by atoms with van der Waals surface area (Å²) in [5, 5.41) is 11.6. The van der Waals surface area contributed by atoms with Gasteiger partial charge in [0.15, 0.2) is 0 Å². The van der Waals surface area contributed by atoms with Crippen molar-refractivity contribution in [1.82, 2.24) is 4.31 Å². The van der Waals surface area contributed by atoms with Crippen molar-refractivity contribution in [3.63, 3.8) is 0 Å². The molecule has 1 aliphatic rings. The summed E-state index contributed by atoms with van der Waals surface area (Å²) in [5.74, 6) is -0.354. The molecule has 2 aromatic carbocycles. The third-order valence-electron chi connectivity index (χ3n) is 4.07. The van der Waals surface area contributed by atoms with Crippen molar-refractivity contribution >= 4 is 21.6 Å². The van der Waals surface area contributed by atoms with Gasteiger partial charge in [-0.3, -0.25) is 4.79 Å². The number of hydrogen-bond donors (Lipinski definition) is 1. The van der Waals surface area contributed by atoms with E-state index in [2.05, 4.69) is 5.32 Å². The van der Waals surface area contributed by atoms with Gasteiger partial charge >= 0.3 is 0 Å². The van der Waals surface area contributed by atoms with Crippen LogP contribution in [0.3, 0.4) is 0 Å². The van der Waals surface area contributed by atoms with Crippen LogP contribution < -0.4 is 5.32 Å². The Labute approximate surface area is 146 Å². The summed E-state index contributed by atoms with van der Waals surface area (Å²) >= 11 is 0. The molecule has 1 fully saturated rings. The minimum absolute atomic E-state index is 0.221. The van der Waals surface area contributed by atoms with E-state index < -0.39 is 10.0 Å². The molecule has 0 atom stereocenters.